The Balaban J connectivity index is 2.31. The van der Waals surface area contributed by atoms with E-state index in [2.05, 4.69) is 0 Å². The second-order valence-electron chi connectivity index (χ2n) is 3.04. The Labute approximate surface area is 87.6 Å². The number of hydrogen-bond acceptors (Lipinski definition) is 3. The highest BCUT2D eigenvalue weighted by Crippen LogP contribution is 2.22. The van der Waals surface area contributed by atoms with Gasteiger partial charge in [-0.15, -0.1) is 0 Å². The molecule has 0 atom stereocenters. The first-order valence-electron chi connectivity index (χ1n) is 4.54. The molecule has 1 aromatic carbocycles. The van der Waals surface area contributed by atoms with E-state index in [1.807, 2.05) is 24.3 Å². The van der Waals surface area contributed by atoms with Crippen molar-refractivity contribution in [1.29, 1.82) is 0 Å². The number of carbonyl (C=O) groups is 1. The van der Waals surface area contributed by atoms with Crippen molar-refractivity contribution in [3.8, 4) is 5.75 Å². The van der Waals surface area contributed by atoms with Crippen LogP contribution in [0.25, 0.3) is 6.08 Å². The van der Waals surface area contributed by atoms with Crippen LogP contribution < -0.4 is 4.74 Å². The maximum atomic E-state index is 10.8. The van der Waals surface area contributed by atoms with Crippen molar-refractivity contribution >= 4 is 12.0 Å². The summed E-state index contributed by atoms with van der Waals surface area (Å²) in [4.78, 5) is 10.8. The van der Waals surface area contributed by atoms with Crippen LogP contribution in [0.15, 0.2) is 42.2 Å². The van der Waals surface area contributed by atoms with Crippen LogP contribution >= 0.6 is 0 Å². The third kappa shape index (κ3) is 2.07. The molecule has 1 heterocycles. The third-order valence-corrected chi connectivity index (χ3v) is 2.04. The molecule has 0 amide bonds. The quantitative estimate of drug-likeness (QED) is 0.689. The minimum Gasteiger partial charge on any atom is -0.496 e. The number of hydrogen-bond donors (Lipinski definition) is 0. The van der Waals surface area contributed by atoms with Gasteiger partial charge in [0.05, 0.1) is 7.11 Å². The Bertz CT molecular complexity index is 444. The molecule has 3 heteroatoms. The molecule has 0 radical (unpaired) electrons. The van der Waals surface area contributed by atoms with E-state index in [0.717, 1.165) is 11.3 Å². The average Bonchev–Trinajstić information content (AvgIpc) is 2.65. The smallest absolute Gasteiger partial charge is 0.336 e. The summed E-state index contributed by atoms with van der Waals surface area (Å²) in [7, 11) is 1.60. The molecule has 1 aromatic rings. The van der Waals surface area contributed by atoms with Gasteiger partial charge in [0.15, 0.2) is 0 Å². The van der Waals surface area contributed by atoms with Gasteiger partial charge < -0.3 is 9.47 Å². The maximum absolute atomic E-state index is 10.8. The van der Waals surface area contributed by atoms with Gasteiger partial charge in [-0.25, -0.2) is 4.79 Å². The Morgan fingerprint density at radius 2 is 2.07 bits per heavy atom. The van der Waals surface area contributed by atoms with E-state index in [0.29, 0.717) is 5.76 Å². The summed E-state index contributed by atoms with van der Waals surface area (Å²) in [5.41, 5.74) is 0.884. The molecule has 3 nitrogen and oxygen atoms in total. The van der Waals surface area contributed by atoms with E-state index in [-0.39, 0.29) is 5.97 Å². The van der Waals surface area contributed by atoms with Gasteiger partial charge in [0.1, 0.15) is 11.5 Å². The lowest BCUT2D eigenvalue weighted by atomic mass is 10.2. The van der Waals surface area contributed by atoms with Gasteiger partial charge in [-0.2, -0.15) is 0 Å². The Kier molecular flexibility index (Phi) is 2.54. The fraction of sp³-hybridized carbons (Fsp3) is 0.0833. The van der Waals surface area contributed by atoms with E-state index in [1.54, 1.807) is 19.3 Å². The van der Waals surface area contributed by atoms with E-state index in [9.17, 15) is 4.79 Å². The SMILES string of the molecule is COc1ccccc1/C=C1\C=CC(=O)O1. The summed E-state index contributed by atoms with van der Waals surface area (Å²) in [5.74, 6) is 0.946. The van der Waals surface area contributed by atoms with Gasteiger partial charge in [-0.05, 0) is 18.2 Å². The first-order valence-corrected chi connectivity index (χ1v) is 4.54. The summed E-state index contributed by atoms with van der Waals surface area (Å²) < 4.78 is 10.1. The van der Waals surface area contributed by atoms with Crippen LogP contribution in [0, 0.1) is 0 Å². The van der Waals surface area contributed by atoms with Crippen LogP contribution in [0.2, 0.25) is 0 Å². The van der Waals surface area contributed by atoms with Crippen molar-refractivity contribution in [2.45, 2.75) is 0 Å². The first-order chi connectivity index (χ1) is 7.29. The Morgan fingerprint density at radius 3 is 2.73 bits per heavy atom. The Morgan fingerprint density at radius 1 is 1.27 bits per heavy atom. The van der Waals surface area contributed by atoms with Gasteiger partial charge in [0.25, 0.3) is 0 Å². The standard InChI is InChI=1S/C12H10O3/c1-14-11-5-3-2-4-9(11)8-10-6-7-12(13)15-10/h2-8H,1H3/b10-8+. The number of para-hydroxylation sites is 1. The molecule has 1 aliphatic rings. The lowest BCUT2D eigenvalue weighted by Gasteiger charge is -2.04. The van der Waals surface area contributed by atoms with E-state index in [4.69, 9.17) is 9.47 Å². The number of benzene rings is 1. The van der Waals surface area contributed by atoms with Gasteiger partial charge >= 0.3 is 5.97 Å². The fourth-order valence-electron chi connectivity index (χ4n) is 1.35. The molecular weight excluding hydrogens is 192 g/mol. The predicted octanol–water partition coefficient (Wildman–Crippen LogP) is 2.15. The molecule has 1 aliphatic heterocycles. The fourth-order valence-corrected chi connectivity index (χ4v) is 1.35. The van der Waals surface area contributed by atoms with Crippen LogP contribution in [0.1, 0.15) is 5.56 Å². The number of rotatable bonds is 2. The van der Waals surface area contributed by atoms with Crippen molar-refractivity contribution in [1.82, 2.24) is 0 Å². The van der Waals surface area contributed by atoms with Crippen molar-refractivity contribution in [3.63, 3.8) is 0 Å². The molecule has 0 saturated carbocycles. The van der Waals surface area contributed by atoms with Crippen LogP contribution in [0.4, 0.5) is 0 Å². The normalized spacial score (nSPS) is 16.9. The summed E-state index contributed by atoms with van der Waals surface area (Å²) >= 11 is 0. The molecule has 0 aromatic heterocycles. The van der Waals surface area contributed by atoms with Crippen molar-refractivity contribution in [3.05, 3.63) is 47.7 Å². The molecule has 76 valence electrons. The van der Waals surface area contributed by atoms with Gasteiger partial charge in [0, 0.05) is 11.6 Å². The number of allylic oxidation sites excluding steroid dienone is 1. The lowest BCUT2D eigenvalue weighted by Crippen LogP contribution is -1.91. The maximum Gasteiger partial charge on any atom is 0.336 e. The largest absolute Gasteiger partial charge is 0.496 e. The summed E-state index contributed by atoms with van der Waals surface area (Å²) in [6.07, 6.45) is 4.79. The van der Waals surface area contributed by atoms with Gasteiger partial charge in [-0.1, -0.05) is 18.2 Å². The van der Waals surface area contributed by atoms with E-state index >= 15 is 0 Å². The number of ether oxygens (including phenoxy) is 2. The van der Waals surface area contributed by atoms with Gasteiger partial charge in [0.2, 0.25) is 0 Å². The summed E-state index contributed by atoms with van der Waals surface area (Å²) in [5, 5.41) is 0. The zero-order valence-electron chi connectivity index (χ0n) is 8.27. The average molecular weight is 202 g/mol. The molecule has 0 saturated heterocycles. The monoisotopic (exact) mass is 202 g/mol. The molecule has 15 heavy (non-hydrogen) atoms. The van der Waals surface area contributed by atoms with Crippen LogP contribution in [-0.4, -0.2) is 13.1 Å². The molecule has 0 fully saturated rings. The van der Waals surface area contributed by atoms with E-state index < -0.39 is 0 Å². The van der Waals surface area contributed by atoms with Crippen LogP contribution in [-0.2, 0) is 9.53 Å². The topological polar surface area (TPSA) is 35.5 Å². The first kappa shape index (κ1) is 9.52. The summed E-state index contributed by atoms with van der Waals surface area (Å²) in [6, 6.07) is 7.53. The molecule has 0 bridgehead atoms. The molecule has 0 aliphatic carbocycles. The highest BCUT2D eigenvalue weighted by atomic mass is 16.5. The number of cyclic esters (lactones) is 1. The second-order valence-corrected chi connectivity index (χ2v) is 3.04. The number of methoxy groups -OCH3 is 1. The highest BCUT2D eigenvalue weighted by molar-refractivity contribution is 5.88. The number of carbonyl (C=O) groups excluding carboxylic acids is 1. The van der Waals surface area contributed by atoms with Crippen molar-refractivity contribution in [2.24, 2.45) is 0 Å². The van der Waals surface area contributed by atoms with Crippen LogP contribution in [0.3, 0.4) is 0 Å². The molecule has 0 spiro atoms. The Hall–Kier alpha value is -2.03. The van der Waals surface area contributed by atoms with Crippen molar-refractivity contribution in [2.75, 3.05) is 7.11 Å². The third-order valence-electron chi connectivity index (χ3n) is 2.04. The highest BCUT2D eigenvalue weighted by Gasteiger charge is 2.10. The van der Waals surface area contributed by atoms with E-state index in [1.165, 1.54) is 6.08 Å². The summed E-state index contributed by atoms with van der Waals surface area (Å²) in [6.45, 7) is 0. The molecule has 0 N–H and O–H groups in total. The molecule has 0 unspecified atom stereocenters. The minimum atomic E-state index is -0.337. The van der Waals surface area contributed by atoms with Crippen molar-refractivity contribution < 1.29 is 14.3 Å². The van der Waals surface area contributed by atoms with Crippen LogP contribution in [0.5, 0.6) is 5.75 Å². The zero-order chi connectivity index (χ0) is 10.7. The lowest BCUT2D eigenvalue weighted by molar-refractivity contribution is -0.132. The number of esters is 1. The second kappa shape index (κ2) is 4.00. The van der Waals surface area contributed by atoms with Gasteiger partial charge in [-0.3, -0.25) is 0 Å². The minimum absolute atomic E-state index is 0.337. The zero-order valence-corrected chi connectivity index (χ0v) is 8.27. The predicted molar refractivity (Wildman–Crippen MR) is 56.2 cm³/mol. The molecular formula is C12H10O3. The molecule has 2 rings (SSSR count).